The van der Waals surface area contributed by atoms with Gasteiger partial charge in [0.1, 0.15) is 11.4 Å². The van der Waals surface area contributed by atoms with Gasteiger partial charge in [0.25, 0.3) is 0 Å². The van der Waals surface area contributed by atoms with Gasteiger partial charge >= 0.3 is 12.3 Å². The van der Waals surface area contributed by atoms with Gasteiger partial charge in [-0.25, -0.2) is 14.8 Å². The first-order valence-electron chi connectivity index (χ1n) is 11.1. The maximum absolute atomic E-state index is 13.7. The number of rotatable bonds is 1. The van der Waals surface area contributed by atoms with Crippen LogP contribution in [0.15, 0.2) is 15.3 Å². The number of nitrogens with zero attached hydrogens (tertiary/aromatic N) is 4. The number of carbonyl (C=O) groups is 1. The molecular weight excluding hydrogens is 581 g/mol. The number of piperazine rings is 1. The number of hydrogen-bond acceptors (Lipinski definition) is 5. The molecule has 0 bridgehead atoms. The summed E-state index contributed by atoms with van der Waals surface area (Å²) in [7, 11) is 0. The van der Waals surface area contributed by atoms with Crippen molar-refractivity contribution in [2.75, 3.05) is 18.0 Å². The van der Waals surface area contributed by atoms with Crippen LogP contribution in [0, 0.1) is 6.92 Å². The van der Waals surface area contributed by atoms with Gasteiger partial charge in [-0.15, -0.1) is 0 Å². The van der Waals surface area contributed by atoms with Crippen LogP contribution in [-0.4, -0.2) is 51.7 Å². The molecule has 0 spiro atoms. The Morgan fingerprint density at radius 2 is 1.62 bits per heavy atom. The molecule has 2 aromatic rings. The van der Waals surface area contributed by atoms with Crippen molar-refractivity contribution in [1.29, 1.82) is 0 Å². The summed E-state index contributed by atoms with van der Waals surface area (Å²) in [5, 5.41) is 0.311. The maximum atomic E-state index is 13.7. The Labute approximate surface area is 215 Å². The van der Waals surface area contributed by atoms with Gasteiger partial charge in [-0.05, 0) is 85.0 Å². The van der Waals surface area contributed by atoms with Crippen LogP contribution in [0.2, 0.25) is 0 Å². The second-order valence-corrected chi connectivity index (χ2v) is 10.6. The van der Waals surface area contributed by atoms with Gasteiger partial charge in [0.2, 0.25) is 0 Å². The van der Waals surface area contributed by atoms with Crippen LogP contribution < -0.4 is 4.90 Å². The highest BCUT2D eigenvalue weighted by molar-refractivity contribution is 9.10. The van der Waals surface area contributed by atoms with E-state index >= 15 is 0 Å². The quantitative estimate of drug-likeness (QED) is 0.316. The Balaban J connectivity index is 0.00000199. The molecule has 1 aromatic carbocycles. The third-order valence-electron chi connectivity index (χ3n) is 5.24. The highest BCUT2D eigenvalue weighted by Crippen LogP contribution is 2.42. The summed E-state index contributed by atoms with van der Waals surface area (Å²) in [6.45, 7) is 15.6. The van der Waals surface area contributed by atoms with Crippen LogP contribution in [0.3, 0.4) is 0 Å². The summed E-state index contributed by atoms with van der Waals surface area (Å²) in [5.74, 6) is 0.394. The lowest BCUT2D eigenvalue weighted by atomic mass is 10.0. The Morgan fingerprint density at radius 1 is 1.09 bits per heavy atom. The molecule has 6 nitrogen and oxygen atoms in total. The Morgan fingerprint density at radius 3 is 2.09 bits per heavy atom. The van der Waals surface area contributed by atoms with Gasteiger partial charge < -0.3 is 9.64 Å². The van der Waals surface area contributed by atoms with E-state index in [1.54, 1.807) is 32.6 Å². The number of benzene rings is 1. The molecule has 0 saturated carbocycles. The van der Waals surface area contributed by atoms with Gasteiger partial charge in [0.15, 0.2) is 4.73 Å². The highest BCUT2D eigenvalue weighted by Gasteiger charge is 2.38. The molecule has 11 heteroatoms. The molecule has 0 radical (unpaired) electrons. The molecule has 0 aliphatic carbocycles. The number of alkyl halides is 3. The zero-order chi connectivity index (χ0) is 26.2. The van der Waals surface area contributed by atoms with Crippen molar-refractivity contribution in [2.45, 2.75) is 79.3 Å². The van der Waals surface area contributed by atoms with E-state index in [-0.39, 0.29) is 21.3 Å². The van der Waals surface area contributed by atoms with E-state index in [2.05, 4.69) is 41.8 Å². The lowest BCUT2D eigenvalue weighted by Crippen LogP contribution is -2.59. The number of aromatic nitrogens is 2. The van der Waals surface area contributed by atoms with Crippen LogP contribution in [0.5, 0.6) is 0 Å². The Kier molecular flexibility index (Phi) is 8.88. The molecule has 1 fully saturated rings. The van der Waals surface area contributed by atoms with Crippen molar-refractivity contribution in [2.24, 2.45) is 0 Å². The first-order valence-corrected chi connectivity index (χ1v) is 12.7. The van der Waals surface area contributed by atoms with Gasteiger partial charge in [-0.2, -0.15) is 13.2 Å². The van der Waals surface area contributed by atoms with Crippen molar-refractivity contribution < 1.29 is 22.7 Å². The van der Waals surface area contributed by atoms with E-state index in [9.17, 15) is 18.0 Å². The number of fused-ring (bicyclic) bond motifs is 1. The fourth-order valence-electron chi connectivity index (χ4n) is 3.98. The minimum absolute atomic E-state index is 0.0365. The first-order chi connectivity index (χ1) is 15.6. The normalized spacial score (nSPS) is 19.1. The molecule has 2 unspecified atom stereocenters. The lowest BCUT2D eigenvalue weighted by molar-refractivity contribution is -0.138. The van der Waals surface area contributed by atoms with E-state index in [0.717, 1.165) is 6.07 Å². The third-order valence-corrected chi connectivity index (χ3v) is 6.61. The summed E-state index contributed by atoms with van der Waals surface area (Å²) in [5.41, 5.74) is -0.590. The highest BCUT2D eigenvalue weighted by atomic mass is 79.9. The number of halogens is 5. The van der Waals surface area contributed by atoms with Crippen molar-refractivity contribution in [3.05, 3.63) is 26.4 Å². The average molecular weight is 612 g/mol. The maximum Gasteiger partial charge on any atom is 0.417 e. The summed E-state index contributed by atoms with van der Waals surface area (Å²) >= 11 is 6.38. The number of carbonyl (C=O) groups excluding carboxylic acids is 1. The summed E-state index contributed by atoms with van der Waals surface area (Å²) < 4.78 is 46.8. The standard InChI is InChI=1S/C21H25Br2F3N4O2.C2H6/c1-10-8-29(9-11(2)30(10)19(31)32-20(4,5)6)17-13-7-14(21(24,25)26)15(22)12(3)16(13)27-18(23)28-17;1-2/h7,10-11H,8-9H2,1-6H3;1-2H3. The predicted octanol–water partition coefficient (Wildman–Crippen LogP) is 7.34. The van der Waals surface area contributed by atoms with Gasteiger partial charge in [-0.3, -0.25) is 4.90 Å². The molecule has 3 rings (SSSR count). The van der Waals surface area contributed by atoms with Crippen molar-refractivity contribution in [3.8, 4) is 0 Å². The predicted molar refractivity (Wildman–Crippen MR) is 135 cm³/mol. The molecule has 2 atom stereocenters. The summed E-state index contributed by atoms with van der Waals surface area (Å²) in [4.78, 5) is 25.0. The molecular formula is C23H31Br2F3N4O2. The summed E-state index contributed by atoms with van der Waals surface area (Å²) in [6.07, 6.45) is -4.94. The molecule has 2 heterocycles. The SMILES string of the molecule is CC.Cc1c(Br)c(C(F)(F)F)cc2c(N3CC(C)N(C(=O)OC(C)(C)C)C(C)C3)nc(Br)nc12. The minimum atomic E-state index is -4.53. The van der Waals surface area contributed by atoms with Crippen LogP contribution >= 0.6 is 31.9 Å². The van der Waals surface area contributed by atoms with Gasteiger partial charge in [0, 0.05) is 22.9 Å². The number of amides is 1. The zero-order valence-electron chi connectivity index (χ0n) is 20.6. The number of hydrogen-bond donors (Lipinski definition) is 0. The zero-order valence-corrected chi connectivity index (χ0v) is 23.8. The molecule has 190 valence electrons. The third kappa shape index (κ3) is 6.13. The molecule has 1 amide bonds. The molecule has 34 heavy (non-hydrogen) atoms. The van der Waals surface area contributed by atoms with Crippen LogP contribution in [0.1, 0.15) is 59.6 Å². The van der Waals surface area contributed by atoms with Crippen LogP contribution in [0.4, 0.5) is 23.8 Å². The lowest BCUT2D eigenvalue weighted by Gasteiger charge is -2.45. The van der Waals surface area contributed by atoms with E-state index in [0.29, 0.717) is 35.4 Å². The van der Waals surface area contributed by atoms with Crippen molar-refractivity contribution in [1.82, 2.24) is 14.9 Å². The van der Waals surface area contributed by atoms with E-state index in [1.165, 1.54) is 0 Å². The number of ether oxygens (including phenoxy) is 1. The Bertz CT molecular complexity index is 1050. The largest absolute Gasteiger partial charge is 0.444 e. The average Bonchev–Trinajstić information content (AvgIpc) is 2.69. The molecule has 1 aliphatic rings. The van der Waals surface area contributed by atoms with Crippen LogP contribution in [-0.2, 0) is 10.9 Å². The number of aryl methyl sites for hydroxylation is 1. The molecule has 1 aromatic heterocycles. The molecule has 1 aliphatic heterocycles. The topological polar surface area (TPSA) is 58.6 Å². The first kappa shape index (κ1) is 28.6. The second-order valence-electron chi connectivity index (χ2n) is 9.06. The molecule has 0 N–H and O–H groups in total. The monoisotopic (exact) mass is 610 g/mol. The molecule has 1 saturated heterocycles. The van der Waals surface area contributed by atoms with Crippen LogP contribution in [0.25, 0.3) is 10.9 Å². The van der Waals surface area contributed by atoms with E-state index in [1.807, 2.05) is 32.6 Å². The van der Waals surface area contributed by atoms with Crippen molar-refractivity contribution in [3.63, 3.8) is 0 Å². The van der Waals surface area contributed by atoms with Gasteiger partial charge in [-0.1, -0.05) is 13.8 Å². The van der Waals surface area contributed by atoms with E-state index < -0.39 is 23.4 Å². The fourth-order valence-corrected chi connectivity index (χ4v) is 4.85. The smallest absolute Gasteiger partial charge is 0.417 e. The van der Waals surface area contributed by atoms with E-state index in [4.69, 9.17) is 4.74 Å². The second kappa shape index (κ2) is 10.6. The van der Waals surface area contributed by atoms with Crippen molar-refractivity contribution >= 4 is 54.7 Å². The summed E-state index contributed by atoms with van der Waals surface area (Å²) in [6, 6.07) is 0.607. The Hall–Kier alpha value is -1.62. The minimum Gasteiger partial charge on any atom is -0.444 e. The van der Waals surface area contributed by atoms with Gasteiger partial charge in [0.05, 0.1) is 23.2 Å². The fraction of sp³-hybridized carbons (Fsp3) is 0.609. The number of anilines is 1.